The molecule has 3 saturated heterocycles. The van der Waals surface area contributed by atoms with Gasteiger partial charge in [-0.05, 0) is 74.8 Å². The summed E-state index contributed by atoms with van der Waals surface area (Å²) in [5.41, 5.74) is 1.97. The van der Waals surface area contributed by atoms with Crippen molar-refractivity contribution in [2.75, 3.05) is 20.2 Å². The third kappa shape index (κ3) is 6.47. The van der Waals surface area contributed by atoms with Crippen LogP contribution >= 0.6 is 0 Å². The summed E-state index contributed by atoms with van der Waals surface area (Å²) in [5.74, 6) is 2.20. The summed E-state index contributed by atoms with van der Waals surface area (Å²) in [6, 6.07) is 8.23. The number of benzene rings is 1. The fourth-order valence-electron chi connectivity index (χ4n) is 6.29. The second kappa shape index (κ2) is 13.2. The first-order chi connectivity index (χ1) is 17.6. The lowest BCUT2D eigenvalue weighted by Gasteiger charge is -2.51. The molecule has 3 aliphatic heterocycles. The van der Waals surface area contributed by atoms with Gasteiger partial charge >= 0.3 is 5.97 Å². The van der Waals surface area contributed by atoms with Crippen molar-refractivity contribution in [3.8, 4) is 5.75 Å². The number of hydrogen-bond acceptors (Lipinski definition) is 5. The highest BCUT2D eigenvalue weighted by atomic mass is 16.5. The Labute approximate surface area is 217 Å². The maximum atomic E-state index is 13.1. The number of pyridine rings is 1. The fraction of sp³-hybridized carbons (Fsp3) is 0.613. The maximum absolute atomic E-state index is 13.1. The van der Waals surface area contributed by atoms with Crippen molar-refractivity contribution < 1.29 is 14.3 Å². The Bertz CT molecular complexity index is 1010. The standard InChI is InChI=1S/C31H44N2O3/c1-4-6-7-8-9-10-11-12-13-30(34)36-31(29-20-24-17-19-33(29)22-23(24)5-2)26-16-18-32-28-15-14-25(35-3)21-27(26)28/h4,14-16,18,21,23-24,29,31H,1,5-13,17,19-20,22H2,2-3H3/t23-,24-,29+,31-/m0/s1. The molecule has 1 unspecified atom stereocenters. The van der Waals surface area contributed by atoms with Crippen LogP contribution in [0.5, 0.6) is 5.75 Å². The molecule has 36 heavy (non-hydrogen) atoms. The molecular formula is C31H44N2O3. The van der Waals surface area contributed by atoms with Crippen LogP contribution in [0.25, 0.3) is 10.9 Å². The number of rotatable bonds is 14. The van der Waals surface area contributed by atoms with Gasteiger partial charge in [0.15, 0.2) is 0 Å². The van der Waals surface area contributed by atoms with Gasteiger partial charge in [0.2, 0.25) is 0 Å². The van der Waals surface area contributed by atoms with Crippen LogP contribution < -0.4 is 4.74 Å². The van der Waals surface area contributed by atoms with E-state index in [9.17, 15) is 4.79 Å². The zero-order valence-electron chi connectivity index (χ0n) is 22.3. The van der Waals surface area contributed by atoms with Gasteiger partial charge in [-0.1, -0.05) is 45.1 Å². The molecule has 1 aromatic carbocycles. The van der Waals surface area contributed by atoms with E-state index in [-0.39, 0.29) is 18.1 Å². The summed E-state index contributed by atoms with van der Waals surface area (Å²) in [5, 5.41) is 1.02. The lowest BCUT2D eigenvalue weighted by Crippen LogP contribution is -2.55. The van der Waals surface area contributed by atoms with Gasteiger partial charge in [0.25, 0.3) is 0 Å². The molecule has 0 amide bonds. The molecule has 5 atom stereocenters. The van der Waals surface area contributed by atoms with E-state index in [1.165, 1.54) is 38.5 Å². The molecule has 1 aromatic heterocycles. The molecule has 3 fully saturated rings. The molecule has 3 aliphatic rings. The van der Waals surface area contributed by atoms with Crippen molar-refractivity contribution in [3.05, 3.63) is 48.7 Å². The van der Waals surface area contributed by atoms with E-state index in [4.69, 9.17) is 9.47 Å². The average molecular weight is 493 g/mol. The molecule has 0 N–H and O–H groups in total. The fourth-order valence-corrected chi connectivity index (χ4v) is 6.29. The third-order valence-corrected chi connectivity index (χ3v) is 8.40. The van der Waals surface area contributed by atoms with Gasteiger partial charge in [-0.3, -0.25) is 14.7 Å². The quantitative estimate of drug-likeness (QED) is 0.158. The first-order valence-electron chi connectivity index (χ1n) is 14.1. The summed E-state index contributed by atoms with van der Waals surface area (Å²) >= 11 is 0. The van der Waals surface area contributed by atoms with Crippen molar-refractivity contribution in [2.24, 2.45) is 11.8 Å². The lowest BCUT2D eigenvalue weighted by molar-refractivity contribution is -0.158. The highest BCUT2D eigenvalue weighted by Gasteiger charge is 2.44. The minimum atomic E-state index is -0.283. The molecule has 0 saturated carbocycles. The molecule has 0 radical (unpaired) electrons. The highest BCUT2D eigenvalue weighted by molar-refractivity contribution is 5.84. The van der Waals surface area contributed by atoms with Gasteiger partial charge in [-0.15, -0.1) is 6.58 Å². The van der Waals surface area contributed by atoms with Gasteiger partial charge < -0.3 is 9.47 Å². The third-order valence-electron chi connectivity index (χ3n) is 8.40. The van der Waals surface area contributed by atoms with Crippen LogP contribution in [-0.4, -0.2) is 42.1 Å². The second-order valence-electron chi connectivity index (χ2n) is 10.7. The van der Waals surface area contributed by atoms with E-state index >= 15 is 0 Å². The van der Waals surface area contributed by atoms with Gasteiger partial charge in [0.05, 0.1) is 18.7 Å². The largest absolute Gasteiger partial charge is 0.497 e. The Morgan fingerprint density at radius 3 is 2.72 bits per heavy atom. The Kier molecular flexibility index (Phi) is 9.80. The van der Waals surface area contributed by atoms with Crippen LogP contribution in [-0.2, 0) is 9.53 Å². The van der Waals surface area contributed by atoms with Crippen LogP contribution in [0.3, 0.4) is 0 Å². The van der Waals surface area contributed by atoms with Crippen molar-refractivity contribution in [2.45, 2.75) is 89.7 Å². The molecule has 5 nitrogen and oxygen atoms in total. The molecule has 2 bridgehead atoms. The number of unbranched alkanes of at least 4 members (excludes halogenated alkanes) is 6. The molecule has 5 heteroatoms. The summed E-state index contributed by atoms with van der Waals surface area (Å²) in [6.07, 6.45) is 15.6. The highest BCUT2D eigenvalue weighted by Crippen LogP contribution is 2.44. The number of fused-ring (bicyclic) bond motifs is 4. The summed E-state index contributed by atoms with van der Waals surface area (Å²) in [6.45, 7) is 8.30. The number of allylic oxidation sites excluding steroid dienone is 1. The molecular weight excluding hydrogens is 448 g/mol. The van der Waals surface area contributed by atoms with Crippen molar-refractivity contribution in [1.29, 1.82) is 0 Å². The predicted octanol–water partition coefficient (Wildman–Crippen LogP) is 7.25. The number of esters is 1. The van der Waals surface area contributed by atoms with Gasteiger partial charge in [-0.2, -0.15) is 0 Å². The second-order valence-corrected chi connectivity index (χ2v) is 10.7. The molecule has 4 heterocycles. The van der Waals surface area contributed by atoms with Crippen molar-refractivity contribution in [1.82, 2.24) is 9.88 Å². The van der Waals surface area contributed by atoms with Crippen LogP contribution in [0.4, 0.5) is 0 Å². The number of hydrogen-bond donors (Lipinski definition) is 0. The van der Waals surface area contributed by atoms with Gasteiger partial charge in [0, 0.05) is 30.1 Å². The monoisotopic (exact) mass is 492 g/mol. The smallest absolute Gasteiger partial charge is 0.306 e. The van der Waals surface area contributed by atoms with Crippen molar-refractivity contribution >= 4 is 16.9 Å². The normalized spacial score (nSPS) is 23.9. The molecule has 0 spiro atoms. The van der Waals surface area contributed by atoms with Crippen LogP contribution in [0.1, 0.15) is 89.2 Å². The Morgan fingerprint density at radius 2 is 2.00 bits per heavy atom. The average Bonchev–Trinajstić information content (AvgIpc) is 2.92. The number of ether oxygens (including phenoxy) is 2. The minimum Gasteiger partial charge on any atom is -0.497 e. The van der Waals surface area contributed by atoms with Crippen LogP contribution in [0.2, 0.25) is 0 Å². The van der Waals surface area contributed by atoms with Crippen molar-refractivity contribution in [3.63, 3.8) is 0 Å². The number of aromatic nitrogens is 1. The van der Waals surface area contributed by atoms with E-state index in [2.05, 4.69) is 23.4 Å². The zero-order valence-corrected chi connectivity index (χ0v) is 22.3. The molecule has 2 aromatic rings. The van der Waals surface area contributed by atoms with Gasteiger partial charge in [-0.25, -0.2) is 0 Å². The summed E-state index contributed by atoms with van der Waals surface area (Å²) < 4.78 is 11.9. The molecule has 0 aliphatic carbocycles. The number of methoxy groups -OCH3 is 1. The number of carbonyl (C=O) groups excluding carboxylic acids is 1. The first kappa shape index (κ1) is 26.7. The van der Waals surface area contributed by atoms with E-state index in [1.54, 1.807) is 7.11 Å². The van der Waals surface area contributed by atoms with Crippen LogP contribution in [0.15, 0.2) is 43.1 Å². The summed E-state index contributed by atoms with van der Waals surface area (Å²) in [4.78, 5) is 20.3. The lowest BCUT2D eigenvalue weighted by atomic mass is 9.72. The number of piperidine rings is 3. The van der Waals surface area contributed by atoms with Gasteiger partial charge in [0.1, 0.15) is 11.9 Å². The Hall–Kier alpha value is -2.40. The Morgan fingerprint density at radius 1 is 1.19 bits per heavy atom. The Balaban J connectivity index is 1.48. The maximum Gasteiger partial charge on any atom is 0.306 e. The zero-order chi connectivity index (χ0) is 25.3. The van der Waals surface area contributed by atoms with E-state index in [0.29, 0.717) is 6.42 Å². The SMILES string of the molecule is C=CCCCCCCCCC(=O)O[C@@H](c1ccnc2ccc(OC)cc12)[C@H]1C[C@@H]2CCN1C[C@@H]2CC. The first-order valence-corrected chi connectivity index (χ1v) is 14.1. The van der Waals surface area contributed by atoms with Crippen LogP contribution in [0, 0.1) is 11.8 Å². The number of carbonyl (C=O) groups is 1. The minimum absolute atomic E-state index is 0.0748. The predicted molar refractivity (Wildman–Crippen MR) is 146 cm³/mol. The van der Waals surface area contributed by atoms with E-state index in [0.717, 1.165) is 72.8 Å². The number of nitrogens with zero attached hydrogens (tertiary/aromatic N) is 2. The van der Waals surface area contributed by atoms with E-state index in [1.807, 2.05) is 36.5 Å². The molecule has 196 valence electrons. The van der Waals surface area contributed by atoms with E-state index < -0.39 is 0 Å². The summed E-state index contributed by atoms with van der Waals surface area (Å²) in [7, 11) is 1.69. The topological polar surface area (TPSA) is 51.7 Å². The molecule has 5 rings (SSSR count).